The minimum atomic E-state index is -1.11. The van der Waals surface area contributed by atoms with Crippen LogP contribution in [0.15, 0.2) is 12.4 Å². The number of aromatic nitrogens is 2. The van der Waals surface area contributed by atoms with Crippen molar-refractivity contribution in [3.05, 3.63) is 18.1 Å². The Morgan fingerprint density at radius 1 is 1.50 bits per heavy atom. The van der Waals surface area contributed by atoms with Crippen molar-refractivity contribution in [3.63, 3.8) is 0 Å². The summed E-state index contributed by atoms with van der Waals surface area (Å²) in [4.78, 5) is 18.4. The smallest absolute Gasteiger partial charge is 0.358 e. The average molecular weight is 225 g/mol. The van der Waals surface area contributed by atoms with Gasteiger partial charge in [-0.1, -0.05) is 0 Å². The number of carboxylic acid groups (broad SMARTS) is 1. The molecule has 0 aliphatic carbocycles. The quantitative estimate of drug-likeness (QED) is 0.618. The van der Waals surface area contributed by atoms with Crippen molar-refractivity contribution in [2.24, 2.45) is 0 Å². The molecule has 88 valence electrons. The zero-order valence-electron chi connectivity index (χ0n) is 9.05. The Labute approximate surface area is 93.4 Å². The van der Waals surface area contributed by atoms with Crippen LogP contribution < -0.4 is 5.32 Å². The molecule has 0 aromatic carbocycles. The highest BCUT2D eigenvalue weighted by atomic mass is 16.4. The van der Waals surface area contributed by atoms with Gasteiger partial charge in [0.15, 0.2) is 11.5 Å². The Morgan fingerprint density at radius 2 is 2.19 bits per heavy atom. The summed E-state index contributed by atoms with van der Waals surface area (Å²) in [6, 6.07) is 0. The first-order chi connectivity index (χ1) is 7.61. The van der Waals surface area contributed by atoms with Crippen molar-refractivity contribution in [1.29, 1.82) is 0 Å². The molecule has 1 aromatic rings. The standard InChI is InChI=1S/C10H15N3O3/c1-7(14)3-2-4-12-9-8(10(15)16)11-5-6-13-9/h5-7,14H,2-4H2,1H3,(H,12,13)(H,15,16). The molecule has 1 unspecified atom stereocenters. The Kier molecular flexibility index (Phi) is 4.65. The molecule has 6 heteroatoms. The van der Waals surface area contributed by atoms with Crippen LogP contribution in [-0.2, 0) is 0 Å². The Hall–Kier alpha value is -1.69. The zero-order valence-corrected chi connectivity index (χ0v) is 9.05. The van der Waals surface area contributed by atoms with Crippen LogP contribution in [0.25, 0.3) is 0 Å². The molecular weight excluding hydrogens is 210 g/mol. The number of aliphatic hydroxyl groups excluding tert-OH is 1. The molecule has 0 fully saturated rings. The summed E-state index contributed by atoms with van der Waals surface area (Å²) in [5.74, 6) is -0.841. The molecule has 0 radical (unpaired) electrons. The van der Waals surface area contributed by atoms with E-state index in [0.29, 0.717) is 13.0 Å². The molecule has 3 N–H and O–H groups in total. The SMILES string of the molecule is CC(O)CCCNc1nccnc1C(=O)O. The average Bonchev–Trinajstić information content (AvgIpc) is 2.24. The third-order valence-corrected chi connectivity index (χ3v) is 1.99. The fourth-order valence-corrected chi connectivity index (χ4v) is 1.23. The van der Waals surface area contributed by atoms with Crippen LogP contribution in [0.5, 0.6) is 0 Å². The summed E-state index contributed by atoms with van der Waals surface area (Å²) in [7, 11) is 0. The summed E-state index contributed by atoms with van der Waals surface area (Å²) in [6.45, 7) is 2.27. The van der Waals surface area contributed by atoms with E-state index < -0.39 is 5.97 Å². The maximum atomic E-state index is 10.8. The molecule has 16 heavy (non-hydrogen) atoms. The number of carboxylic acids is 1. The lowest BCUT2D eigenvalue weighted by molar-refractivity contribution is 0.0691. The number of carbonyl (C=O) groups is 1. The third kappa shape index (κ3) is 3.82. The van der Waals surface area contributed by atoms with Crippen LogP contribution in [-0.4, -0.2) is 38.8 Å². The third-order valence-electron chi connectivity index (χ3n) is 1.99. The van der Waals surface area contributed by atoms with Crippen LogP contribution >= 0.6 is 0 Å². The zero-order chi connectivity index (χ0) is 12.0. The van der Waals surface area contributed by atoms with Crippen molar-refractivity contribution in [2.75, 3.05) is 11.9 Å². The molecule has 0 bridgehead atoms. The summed E-state index contributed by atoms with van der Waals surface area (Å²) in [5, 5.41) is 20.8. The summed E-state index contributed by atoms with van der Waals surface area (Å²) in [5.41, 5.74) is -0.0838. The number of nitrogens with one attached hydrogen (secondary N) is 1. The van der Waals surface area contributed by atoms with Gasteiger partial charge in [0.1, 0.15) is 0 Å². The van der Waals surface area contributed by atoms with E-state index in [1.807, 2.05) is 0 Å². The van der Waals surface area contributed by atoms with Crippen molar-refractivity contribution in [2.45, 2.75) is 25.9 Å². The van der Waals surface area contributed by atoms with E-state index in [0.717, 1.165) is 6.42 Å². The number of hydrogen-bond acceptors (Lipinski definition) is 5. The highest BCUT2D eigenvalue weighted by molar-refractivity contribution is 5.90. The second-order valence-corrected chi connectivity index (χ2v) is 3.48. The van der Waals surface area contributed by atoms with Gasteiger partial charge in [0.25, 0.3) is 0 Å². The van der Waals surface area contributed by atoms with Crippen molar-refractivity contribution >= 4 is 11.8 Å². The first-order valence-corrected chi connectivity index (χ1v) is 5.07. The van der Waals surface area contributed by atoms with Crippen molar-refractivity contribution in [3.8, 4) is 0 Å². The maximum Gasteiger partial charge on any atom is 0.358 e. The van der Waals surface area contributed by atoms with E-state index in [1.54, 1.807) is 6.92 Å². The normalized spacial score (nSPS) is 12.1. The molecule has 6 nitrogen and oxygen atoms in total. The lowest BCUT2D eigenvalue weighted by Gasteiger charge is -2.08. The van der Waals surface area contributed by atoms with Gasteiger partial charge in [-0.05, 0) is 19.8 Å². The van der Waals surface area contributed by atoms with E-state index in [-0.39, 0.29) is 17.6 Å². The van der Waals surface area contributed by atoms with Gasteiger partial charge in [-0.25, -0.2) is 14.8 Å². The molecule has 1 rings (SSSR count). The van der Waals surface area contributed by atoms with Gasteiger partial charge in [-0.2, -0.15) is 0 Å². The van der Waals surface area contributed by atoms with Crippen LogP contribution in [0.4, 0.5) is 5.82 Å². The second-order valence-electron chi connectivity index (χ2n) is 3.48. The Morgan fingerprint density at radius 3 is 2.81 bits per heavy atom. The molecular formula is C10H15N3O3. The van der Waals surface area contributed by atoms with E-state index >= 15 is 0 Å². The predicted molar refractivity (Wildman–Crippen MR) is 58.4 cm³/mol. The summed E-state index contributed by atoms with van der Waals surface area (Å²) in [6.07, 6.45) is 3.83. The van der Waals surface area contributed by atoms with E-state index in [2.05, 4.69) is 15.3 Å². The number of anilines is 1. The van der Waals surface area contributed by atoms with Gasteiger partial charge in [0.05, 0.1) is 6.10 Å². The maximum absolute atomic E-state index is 10.8. The first kappa shape index (κ1) is 12.4. The monoisotopic (exact) mass is 225 g/mol. The van der Waals surface area contributed by atoms with Crippen molar-refractivity contribution < 1.29 is 15.0 Å². The van der Waals surface area contributed by atoms with Crippen LogP contribution in [0.2, 0.25) is 0 Å². The Bertz CT molecular complexity index is 355. The van der Waals surface area contributed by atoms with Crippen molar-refractivity contribution in [1.82, 2.24) is 9.97 Å². The number of rotatable bonds is 6. The van der Waals surface area contributed by atoms with E-state index in [1.165, 1.54) is 12.4 Å². The first-order valence-electron chi connectivity index (χ1n) is 5.07. The van der Waals surface area contributed by atoms with Crippen LogP contribution in [0.3, 0.4) is 0 Å². The highest BCUT2D eigenvalue weighted by Gasteiger charge is 2.11. The molecule has 0 saturated heterocycles. The molecule has 1 aromatic heterocycles. The van der Waals surface area contributed by atoms with Gasteiger partial charge < -0.3 is 15.5 Å². The lowest BCUT2D eigenvalue weighted by atomic mass is 10.2. The molecule has 0 aliphatic heterocycles. The molecule has 0 spiro atoms. The fourth-order valence-electron chi connectivity index (χ4n) is 1.23. The number of hydrogen-bond donors (Lipinski definition) is 3. The molecule has 0 saturated carbocycles. The minimum Gasteiger partial charge on any atom is -0.476 e. The number of aromatic carboxylic acids is 1. The Balaban J connectivity index is 2.50. The van der Waals surface area contributed by atoms with E-state index in [4.69, 9.17) is 10.2 Å². The molecule has 0 amide bonds. The number of nitrogens with zero attached hydrogens (tertiary/aromatic N) is 2. The van der Waals surface area contributed by atoms with E-state index in [9.17, 15) is 4.79 Å². The highest BCUT2D eigenvalue weighted by Crippen LogP contribution is 2.08. The topological polar surface area (TPSA) is 95.3 Å². The molecule has 1 atom stereocenters. The van der Waals surface area contributed by atoms with Gasteiger partial charge >= 0.3 is 5.97 Å². The summed E-state index contributed by atoms with van der Waals surface area (Å²) < 4.78 is 0. The molecule has 0 aliphatic rings. The fraction of sp³-hybridized carbons (Fsp3) is 0.500. The van der Waals surface area contributed by atoms with Gasteiger partial charge in [0, 0.05) is 18.9 Å². The van der Waals surface area contributed by atoms with Crippen LogP contribution in [0.1, 0.15) is 30.3 Å². The predicted octanol–water partition coefficient (Wildman–Crippen LogP) is 0.748. The number of aliphatic hydroxyl groups is 1. The largest absolute Gasteiger partial charge is 0.476 e. The second kappa shape index (κ2) is 6.02. The minimum absolute atomic E-state index is 0.0838. The van der Waals surface area contributed by atoms with Gasteiger partial charge in [-0.3, -0.25) is 0 Å². The molecule has 1 heterocycles. The van der Waals surface area contributed by atoms with Crippen LogP contribution in [0, 0.1) is 0 Å². The lowest BCUT2D eigenvalue weighted by Crippen LogP contribution is -2.12. The van der Waals surface area contributed by atoms with Gasteiger partial charge in [0.2, 0.25) is 0 Å². The van der Waals surface area contributed by atoms with Gasteiger partial charge in [-0.15, -0.1) is 0 Å². The summed E-state index contributed by atoms with van der Waals surface area (Å²) >= 11 is 0.